The van der Waals surface area contributed by atoms with Gasteiger partial charge in [0.15, 0.2) is 5.82 Å². The Morgan fingerprint density at radius 2 is 1.90 bits per heavy atom. The highest BCUT2D eigenvalue weighted by molar-refractivity contribution is 5.48. The zero-order valence-electron chi connectivity index (χ0n) is 11.1. The lowest BCUT2D eigenvalue weighted by Gasteiger charge is -2.08. The molecule has 0 radical (unpaired) electrons. The summed E-state index contributed by atoms with van der Waals surface area (Å²) in [7, 11) is 0. The molecule has 0 fully saturated rings. The quantitative estimate of drug-likeness (QED) is 0.761. The number of pyridine rings is 1. The van der Waals surface area contributed by atoms with Gasteiger partial charge in [-0.1, -0.05) is 35.9 Å². The van der Waals surface area contributed by atoms with Crippen molar-refractivity contribution in [2.75, 3.05) is 0 Å². The summed E-state index contributed by atoms with van der Waals surface area (Å²) in [6.45, 7) is 2.04. The Labute approximate surface area is 116 Å². The molecule has 3 rings (SSSR count). The Hall–Kier alpha value is -2.53. The fourth-order valence-electron chi connectivity index (χ4n) is 1.95. The summed E-state index contributed by atoms with van der Waals surface area (Å²) in [5, 5.41) is 7.06. The highest BCUT2D eigenvalue weighted by Crippen LogP contribution is 2.19. The number of aromatic amines is 1. The van der Waals surface area contributed by atoms with Crippen molar-refractivity contribution in [3.8, 4) is 11.5 Å². The lowest BCUT2D eigenvalue weighted by molar-refractivity contribution is 0.787. The van der Waals surface area contributed by atoms with Gasteiger partial charge >= 0.3 is 0 Å². The van der Waals surface area contributed by atoms with Crippen molar-refractivity contribution in [3.05, 3.63) is 65.6 Å². The molecule has 0 unspecified atom stereocenters. The molecule has 5 heteroatoms. The van der Waals surface area contributed by atoms with Crippen LogP contribution in [0.25, 0.3) is 11.5 Å². The van der Waals surface area contributed by atoms with E-state index in [1.54, 1.807) is 6.20 Å². The maximum atomic E-state index is 6.20. The molecule has 1 aromatic carbocycles. The predicted octanol–water partition coefficient (Wildman–Crippen LogP) is 2.22. The molecule has 0 aliphatic rings. The van der Waals surface area contributed by atoms with E-state index >= 15 is 0 Å². The second-order valence-corrected chi connectivity index (χ2v) is 4.65. The van der Waals surface area contributed by atoms with Crippen LogP contribution in [-0.2, 0) is 0 Å². The van der Waals surface area contributed by atoms with E-state index in [0.29, 0.717) is 11.6 Å². The number of nitrogens with two attached hydrogens (primary N) is 1. The number of nitrogens with zero attached hydrogens (tertiary/aromatic N) is 3. The standard InChI is InChI=1S/C15H15N5/c1-10-5-7-11(8-6-10)13(16)15-18-14(19-20-15)12-4-2-3-9-17-12/h2-9,13H,16H2,1H3,(H,18,19,20)/t13-/m1/s1. The average molecular weight is 265 g/mol. The van der Waals surface area contributed by atoms with Crippen molar-refractivity contribution in [1.29, 1.82) is 0 Å². The van der Waals surface area contributed by atoms with E-state index in [0.717, 1.165) is 11.3 Å². The van der Waals surface area contributed by atoms with Crippen LogP contribution in [0.5, 0.6) is 0 Å². The number of benzene rings is 1. The Morgan fingerprint density at radius 1 is 1.10 bits per heavy atom. The molecule has 2 heterocycles. The van der Waals surface area contributed by atoms with Gasteiger partial charge in [-0.15, -0.1) is 0 Å². The van der Waals surface area contributed by atoms with Crippen molar-refractivity contribution < 1.29 is 0 Å². The summed E-state index contributed by atoms with van der Waals surface area (Å²) in [5.74, 6) is 1.19. The smallest absolute Gasteiger partial charge is 0.199 e. The molecule has 2 aromatic heterocycles. The van der Waals surface area contributed by atoms with E-state index in [1.807, 2.05) is 49.4 Å². The van der Waals surface area contributed by atoms with E-state index < -0.39 is 0 Å². The first-order chi connectivity index (χ1) is 9.74. The molecule has 5 nitrogen and oxygen atoms in total. The monoisotopic (exact) mass is 265 g/mol. The molecular weight excluding hydrogens is 250 g/mol. The molecule has 0 amide bonds. The molecule has 0 saturated heterocycles. The van der Waals surface area contributed by atoms with Crippen LogP contribution in [0.3, 0.4) is 0 Å². The van der Waals surface area contributed by atoms with Gasteiger partial charge in [0, 0.05) is 6.20 Å². The lowest BCUT2D eigenvalue weighted by Crippen LogP contribution is -2.13. The van der Waals surface area contributed by atoms with Crippen LogP contribution >= 0.6 is 0 Å². The Balaban J connectivity index is 1.88. The molecule has 0 aliphatic heterocycles. The van der Waals surface area contributed by atoms with Crippen LogP contribution in [0.1, 0.15) is 23.0 Å². The van der Waals surface area contributed by atoms with Crippen LogP contribution in [0, 0.1) is 6.92 Å². The van der Waals surface area contributed by atoms with E-state index in [4.69, 9.17) is 5.73 Å². The topological polar surface area (TPSA) is 80.5 Å². The molecule has 100 valence electrons. The predicted molar refractivity (Wildman–Crippen MR) is 76.8 cm³/mol. The summed E-state index contributed by atoms with van der Waals surface area (Å²) in [6.07, 6.45) is 1.71. The zero-order valence-corrected chi connectivity index (χ0v) is 11.1. The molecular formula is C15H15N5. The fourth-order valence-corrected chi connectivity index (χ4v) is 1.95. The summed E-state index contributed by atoms with van der Waals surface area (Å²) in [4.78, 5) is 8.65. The minimum atomic E-state index is -0.319. The van der Waals surface area contributed by atoms with Crippen molar-refractivity contribution in [2.24, 2.45) is 5.73 Å². The third-order valence-corrected chi connectivity index (χ3v) is 3.13. The molecule has 0 aliphatic carbocycles. The van der Waals surface area contributed by atoms with Gasteiger partial charge in [-0.3, -0.25) is 10.1 Å². The Kier molecular flexibility index (Phi) is 3.26. The average Bonchev–Trinajstić information content (AvgIpc) is 2.98. The number of aromatic nitrogens is 4. The number of nitrogens with one attached hydrogen (secondary N) is 1. The van der Waals surface area contributed by atoms with Gasteiger partial charge in [0.1, 0.15) is 11.5 Å². The molecule has 0 bridgehead atoms. The van der Waals surface area contributed by atoms with Gasteiger partial charge in [-0.2, -0.15) is 5.10 Å². The first-order valence-corrected chi connectivity index (χ1v) is 6.40. The number of hydrogen-bond donors (Lipinski definition) is 2. The minimum absolute atomic E-state index is 0.319. The van der Waals surface area contributed by atoms with E-state index in [2.05, 4.69) is 20.2 Å². The molecule has 3 aromatic rings. The molecule has 20 heavy (non-hydrogen) atoms. The van der Waals surface area contributed by atoms with Gasteiger partial charge < -0.3 is 5.73 Å². The van der Waals surface area contributed by atoms with Gasteiger partial charge in [0.25, 0.3) is 0 Å². The van der Waals surface area contributed by atoms with Gasteiger partial charge in [-0.25, -0.2) is 4.98 Å². The largest absolute Gasteiger partial charge is 0.318 e. The number of H-pyrrole nitrogens is 1. The highest BCUT2D eigenvalue weighted by atomic mass is 15.2. The van der Waals surface area contributed by atoms with Gasteiger partial charge in [-0.05, 0) is 24.6 Å². The van der Waals surface area contributed by atoms with Crippen LogP contribution < -0.4 is 5.73 Å². The van der Waals surface area contributed by atoms with Crippen LogP contribution in [-0.4, -0.2) is 20.2 Å². The van der Waals surface area contributed by atoms with Crippen LogP contribution in [0.15, 0.2) is 48.7 Å². The summed E-state index contributed by atoms with van der Waals surface area (Å²) < 4.78 is 0. The molecule has 3 N–H and O–H groups in total. The van der Waals surface area contributed by atoms with Crippen LogP contribution in [0.4, 0.5) is 0 Å². The van der Waals surface area contributed by atoms with Crippen LogP contribution in [0.2, 0.25) is 0 Å². The second-order valence-electron chi connectivity index (χ2n) is 4.65. The van der Waals surface area contributed by atoms with Gasteiger partial charge in [0.05, 0.1) is 6.04 Å². The normalized spacial score (nSPS) is 12.3. The SMILES string of the molecule is Cc1ccc([C@@H](N)c2nc(-c3ccccn3)n[nH]2)cc1. The summed E-state index contributed by atoms with van der Waals surface area (Å²) in [6, 6.07) is 13.4. The Morgan fingerprint density at radius 3 is 2.60 bits per heavy atom. The molecule has 0 saturated carbocycles. The maximum absolute atomic E-state index is 6.20. The van der Waals surface area contributed by atoms with Crippen molar-refractivity contribution in [1.82, 2.24) is 20.2 Å². The third-order valence-electron chi connectivity index (χ3n) is 3.13. The number of hydrogen-bond acceptors (Lipinski definition) is 4. The highest BCUT2D eigenvalue weighted by Gasteiger charge is 2.14. The van der Waals surface area contributed by atoms with Crippen molar-refractivity contribution >= 4 is 0 Å². The third kappa shape index (κ3) is 2.44. The summed E-state index contributed by atoms with van der Waals surface area (Å²) >= 11 is 0. The maximum Gasteiger partial charge on any atom is 0.199 e. The molecule has 0 spiro atoms. The van der Waals surface area contributed by atoms with Crippen molar-refractivity contribution in [2.45, 2.75) is 13.0 Å². The summed E-state index contributed by atoms with van der Waals surface area (Å²) in [5.41, 5.74) is 9.13. The second kappa shape index (κ2) is 5.22. The van der Waals surface area contributed by atoms with E-state index in [9.17, 15) is 0 Å². The van der Waals surface area contributed by atoms with E-state index in [-0.39, 0.29) is 6.04 Å². The van der Waals surface area contributed by atoms with E-state index in [1.165, 1.54) is 5.56 Å². The first kappa shape index (κ1) is 12.5. The minimum Gasteiger partial charge on any atom is -0.318 e. The number of aryl methyl sites for hydroxylation is 1. The zero-order chi connectivity index (χ0) is 13.9. The number of rotatable bonds is 3. The fraction of sp³-hybridized carbons (Fsp3) is 0.133. The van der Waals surface area contributed by atoms with Crippen molar-refractivity contribution in [3.63, 3.8) is 0 Å². The first-order valence-electron chi connectivity index (χ1n) is 6.40. The lowest BCUT2D eigenvalue weighted by atomic mass is 10.1. The van der Waals surface area contributed by atoms with Gasteiger partial charge in [0.2, 0.25) is 0 Å². The molecule has 1 atom stereocenters. The Bertz CT molecular complexity index is 688.